The number of nitrogens with zero attached hydrogens (tertiary/aromatic N) is 1. The van der Waals surface area contributed by atoms with Gasteiger partial charge < -0.3 is 9.47 Å². The Balaban J connectivity index is 1.38. The van der Waals surface area contributed by atoms with Crippen LogP contribution in [-0.2, 0) is 9.53 Å². The van der Waals surface area contributed by atoms with Crippen LogP contribution in [0.25, 0.3) is 0 Å². The number of aryl methyl sites for hydroxylation is 1. The Bertz CT molecular complexity index is 847. The highest BCUT2D eigenvalue weighted by molar-refractivity contribution is 6.21. The summed E-state index contributed by atoms with van der Waals surface area (Å²) in [6, 6.07) is 14.5. The molecule has 0 N–H and O–H groups in total. The van der Waals surface area contributed by atoms with Gasteiger partial charge in [-0.1, -0.05) is 29.8 Å². The molecule has 27 heavy (non-hydrogen) atoms. The summed E-state index contributed by atoms with van der Waals surface area (Å²) in [4.78, 5) is 37.6. The molecule has 0 saturated heterocycles. The first kappa shape index (κ1) is 18.6. The zero-order valence-electron chi connectivity index (χ0n) is 15.1. The van der Waals surface area contributed by atoms with Gasteiger partial charge in [0, 0.05) is 13.0 Å². The molecule has 2 aromatic rings. The summed E-state index contributed by atoms with van der Waals surface area (Å²) < 4.78 is 10.7. The van der Waals surface area contributed by atoms with E-state index in [0.717, 1.165) is 16.2 Å². The van der Waals surface area contributed by atoms with Gasteiger partial charge in [0.2, 0.25) is 0 Å². The molecule has 0 saturated carbocycles. The summed E-state index contributed by atoms with van der Waals surface area (Å²) in [6.45, 7) is 2.55. The maximum absolute atomic E-state index is 12.3. The zero-order valence-corrected chi connectivity index (χ0v) is 15.1. The average Bonchev–Trinajstić information content (AvgIpc) is 2.90. The lowest BCUT2D eigenvalue weighted by molar-refractivity contribution is -0.143. The lowest BCUT2D eigenvalue weighted by atomic mass is 10.1. The Morgan fingerprint density at radius 1 is 0.963 bits per heavy atom. The molecule has 2 amide bonds. The van der Waals surface area contributed by atoms with Gasteiger partial charge in [0.25, 0.3) is 11.8 Å². The molecular formula is C21H21NO5. The molecule has 0 atom stereocenters. The molecule has 2 aromatic carbocycles. The Morgan fingerprint density at radius 3 is 2.48 bits per heavy atom. The highest BCUT2D eigenvalue weighted by Crippen LogP contribution is 2.24. The second kappa shape index (κ2) is 8.49. The number of ether oxygens (including phenoxy) is 2. The van der Waals surface area contributed by atoms with E-state index in [1.165, 1.54) is 0 Å². The van der Waals surface area contributed by atoms with Crippen LogP contribution in [0.5, 0.6) is 5.75 Å². The molecule has 0 spiro atoms. The van der Waals surface area contributed by atoms with Crippen molar-refractivity contribution in [2.24, 2.45) is 0 Å². The molecule has 6 heteroatoms. The van der Waals surface area contributed by atoms with E-state index in [2.05, 4.69) is 0 Å². The quantitative estimate of drug-likeness (QED) is 0.407. The van der Waals surface area contributed by atoms with Crippen molar-refractivity contribution in [3.05, 3.63) is 65.2 Å². The van der Waals surface area contributed by atoms with Crippen LogP contribution in [0.1, 0.15) is 39.1 Å². The van der Waals surface area contributed by atoms with Crippen LogP contribution in [0.15, 0.2) is 48.5 Å². The predicted octanol–water partition coefficient (Wildman–Crippen LogP) is 2.99. The highest BCUT2D eigenvalue weighted by atomic mass is 16.5. The van der Waals surface area contributed by atoms with Crippen molar-refractivity contribution in [3.63, 3.8) is 0 Å². The molecular weight excluding hydrogens is 346 g/mol. The van der Waals surface area contributed by atoms with Crippen LogP contribution in [0.3, 0.4) is 0 Å². The predicted molar refractivity (Wildman–Crippen MR) is 98.7 cm³/mol. The third-order valence-electron chi connectivity index (χ3n) is 4.23. The summed E-state index contributed by atoms with van der Waals surface area (Å²) in [5.41, 5.74) is 1.69. The Labute approximate surface area is 157 Å². The molecule has 3 rings (SSSR count). The van der Waals surface area contributed by atoms with Gasteiger partial charge in [-0.25, -0.2) is 0 Å². The van der Waals surface area contributed by atoms with E-state index in [0.29, 0.717) is 24.2 Å². The van der Waals surface area contributed by atoms with Crippen molar-refractivity contribution in [2.45, 2.75) is 19.8 Å². The smallest absolute Gasteiger partial charge is 0.307 e. The average molecular weight is 367 g/mol. The lowest BCUT2D eigenvalue weighted by Gasteiger charge is -2.13. The zero-order chi connectivity index (χ0) is 19.2. The minimum absolute atomic E-state index is 0.0186. The van der Waals surface area contributed by atoms with Crippen LogP contribution < -0.4 is 4.74 Å². The van der Waals surface area contributed by atoms with E-state index in [9.17, 15) is 14.4 Å². The van der Waals surface area contributed by atoms with Gasteiger partial charge in [0.1, 0.15) is 5.75 Å². The fourth-order valence-corrected chi connectivity index (χ4v) is 2.83. The molecule has 0 unspecified atom stereocenters. The number of benzene rings is 2. The summed E-state index contributed by atoms with van der Waals surface area (Å²) in [5.74, 6) is -0.394. The van der Waals surface area contributed by atoms with Crippen molar-refractivity contribution in [3.8, 4) is 5.75 Å². The first-order valence-corrected chi connectivity index (χ1v) is 8.86. The highest BCUT2D eigenvalue weighted by Gasteiger charge is 2.35. The Hall–Kier alpha value is -3.15. The minimum atomic E-state index is -0.442. The Kier molecular flexibility index (Phi) is 5.86. The van der Waals surface area contributed by atoms with Crippen molar-refractivity contribution >= 4 is 17.8 Å². The third-order valence-corrected chi connectivity index (χ3v) is 4.23. The van der Waals surface area contributed by atoms with Gasteiger partial charge in [0.05, 0.1) is 30.8 Å². The number of amides is 2. The van der Waals surface area contributed by atoms with E-state index in [-0.39, 0.29) is 31.4 Å². The normalized spacial score (nSPS) is 12.9. The van der Waals surface area contributed by atoms with Crippen LogP contribution in [0.4, 0.5) is 0 Å². The number of hydrogen-bond donors (Lipinski definition) is 0. The second-order valence-corrected chi connectivity index (χ2v) is 6.30. The summed E-state index contributed by atoms with van der Waals surface area (Å²) in [5, 5.41) is 0. The van der Waals surface area contributed by atoms with Gasteiger partial charge >= 0.3 is 5.97 Å². The maximum atomic E-state index is 12.3. The van der Waals surface area contributed by atoms with Crippen LogP contribution >= 0.6 is 0 Å². The first-order valence-electron chi connectivity index (χ1n) is 8.86. The van der Waals surface area contributed by atoms with Crippen LogP contribution in [-0.4, -0.2) is 42.4 Å². The van der Waals surface area contributed by atoms with E-state index in [1.807, 2.05) is 37.3 Å². The molecule has 1 heterocycles. The monoisotopic (exact) mass is 367 g/mol. The number of carbonyl (C=O) groups excluding carboxylic acids is 3. The van der Waals surface area contributed by atoms with Crippen LogP contribution in [0.2, 0.25) is 0 Å². The van der Waals surface area contributed by atoms with Gasteiger partial charge in [-0.15, -0.1) is 0 Å². The number of carbonyl (C=O) groups is 3. The Morgan fingerprint density at radius 2 is 1.70 bits per heavy atom. The van der Waals surface area contributed by atoms with Gasteiger partial charge in [-0.3, -0.25) is 19.3 Å². The number of imide groups is 1. The third kappa shape index (κ3) is 4.53. The molecule has 0 fully saturated rings. The first-order chi connectivity index (χ1) is 13.1. The number of esters is 1. The van der Waals surface area contributed by atoms with E-state index >= 15 is 0 Å². The van der Waals surface area contributed by atoms with Gasteiger partial charge in [-0.05, 0) is 31.2 Å². The molecule has 1 aliphatic rings. The largest absolute Gasteiger partial charge is 0.493 e. The fraction of sp³-hybridized carbons (Fsp3) is 0.286. The van der Waals surface area contributed by atoms with E-state index < -0.39 is 5.97 Å². The summed E-state index contributed by atoms with van der Waals surface area (Å²) in [6.07, 6.45) is 0.539. The summed E-state index contributed by atoms with van der Waals surface area (Å²) in [7, 11) is 0. The molecule has 0 aliphatic carbocycles. The molecule has 1 aliphatic heterocycles. The van der Waals surface area contributed by atoms with Crippen molar-refractivity contribution in [1.29, 1.82) is 0 Å². The van der Waals surface area contributed by atoms with Crippen LogP contribution in [0, 0.1) is 6.92 Å². The van der Waals surface area contributed by atoms with Crippen molar-refractivity contribution in [1.82, 2.24) is 4.90 Å². The molecule has 0 aromatic heterocycles. The fourth-order valence-electron chi connectivity index (χ4n) is 2.83. The molecule has 140 valence electrons. The van der Waals surface area contributed by atoms with Gasteiger partial charge in [0.15, 0.2) is 0 Å². The van der Waals surface area contributed by atoms with Gasteiger partial charge in [-0.2, -0.15) is 0 Å². The summed E-state index contributed by atoms with van der Waals surface area (Å²) >= 11 is 0. The molecule has 0 radical (unpaired) electrons. The molecule has 6 nitrogen and oxygen atoms in total. The van der Waals surface area contributed by atoms with E-state index in [4.69, 9.17) is 9.47 Å². The topological polar surface area (TPSA) is 72.9 Å². The standard InChI is InChI=1S/C21H21NO5/c1-15-8-9-17-18(14-15)21(25)22(20(17)24)11-10-19(23)27-13-5-12-26-16-6-3-2-4-7-16/h2-4,6-9,14H,5,10-13H2,1H3. The number of rotatable bonds is 8. The number of fused-ring (bicyclic) bond motifs is 1. The maximum Gasteiger partial charge on any atom is 0.307 e. The number of para-hydroxylation sites is 1. The van der Waals surface area contributed by atoms with E-state index in [1.54, 1.807) is 18.2 Å². The molecule has 0 bridgehead atoms. The minimum Gasteiger partial charge on any atom is -0.493 e. The lowest BCUT2D eigenvalue weighted by Crippen LogP contribution is -2.32. The second-order valence-electron chi connectivity index (χ2n) is 6.30. The van der Waals surface area contributed by atoms with Crippen molar-refractivity contribution < 1.29 is 23.9 Å². The number of hydrogen-bond acceptors (Lipinski definition) is 5. The van der Waals surface area contributed by atoms with Crippen molar-refractivity contribution in [2.75, 3.05) is 19.8 Å². The SMILES string of the molecule is Cc1ccc2c(c1)C(=O)N(CCC(=O)OCCCOc1ccccc1)C2=O.